The molecule has 0 bridgehead atoms. The Labute approximate surface area is 113 Å². The quantitative estimate of drug-likeness (QED) is 0.880. The van der Waals surface area contributed by atoms with Gasteiger partial charge in [-0.05, 0) is 42.5 Å². The van der Waals surface area contributed by atoms with Gasteiger partial charge in [-0.25, -0.2) is 0 Å². The largest absolute Gasteiger partial charge is 0.508 e. The highest BCUT2D eigenvalue weighted by atomic mass is 16.3. The summed E-state index contributed by atoms with van der Waals surface area (Å²) in [5.41, 5.74) is 2.24. The van der Waals surface area contributed by atoms with Crippen LogP contribution >= 0.6 is 0 Å². The van der Waals surface area contributed by atoms with Gasteiger partial charge < -0.3 is 10.2 Å². The molecule has 19 heavy (non-hydrogen) atoms. The molecule has 1 fully saturated rings. The summed E-state index contributed by atoms with van der Waals surface area (Å²) in [6.45, 7) is 0. The molecule has 2 heteroatoms. The van der Waals surface area contributed by atoms with Crippen LogP contribution in [0.15, 0.2) is 54.6 Å². The van der Waals surface area contributed by atoms with Crippen LogP contribution in [0.25, 0.3) is 0 Å². The Bertz CT molecular complexity index is 541. The molecule has 0 aromatic heterocycles. The number of hydrogen-bond acceptors (Lipinski definition) is 2. The van der Waals surface area contributed by atoms with Gasteiger partial charge >= 0.3 is 0 Å². The molecule has 98 valence electrons. The molecule has 1 atom stereocenters. The van der Waals surface area contributed by atoms with Crippen molar-refractivity contribution in [1.29, 1.82) is 0 Å². The number of phenols is 1. The second-order valence-corrected chi connectivity index (χ2v) is 5.41. The molecule has 1 aliphatic rings. The van der Waals surface area contributed by atoms with Gasteiger partial charge in [-0.3, -0.25) is 0 Å². The minimum absolute atomic E-state index is 0.0564. The fraction of sp³-hybridized carbons (Fsp3) is 0.294. The standard InChI is InChI=1S/C17H18O2/c18-15-8-6-13(7-9-15)12-16(19)17(10-11-17)14-4-2-1-3-5-14/h1-9,16,18-19H,10-12H2. The van der Waals surface area contributed by atoms with E-state index in [1.54, 1.807) is 12.1 Å². The van der Waals surface area contributed by atoms with E-state index in [0.29, 0.717) is 6.42 Å². The number of rotatable bonds is 4. The lowest BCUT2D eigenvalue weighted by Gasteiger charge is -2.23. The lowest BCUT2D eigenvalue weighted by molar-refractivity contribution is 0.131. The van der Waals surface area contributed by atoms with E-state index in [4.69, 9.17) is 0 Å². The molecular weight excluding hydrogens is 236 g/mol. The Morgan fingerprint density at radius 3 is 2.16 bits per heavy atom. The van der Waals surface area contributed by atoms with E-state index in [-0.39, 0.29) is 17.3 Å². The van der Waals surface area contributed by atoms with Gasteiger partial charge in [0.05, 0.1) is 6.10 Å². The second kappa shape index (κ2) is 4.71. The molecule has 1 aliphatic carbocycles. The second-order valence-electron chi connectivity index (χ2n) is 5.41. The zero-order valence-electron chi connectivity index (χ0n) is 10.8. The highest BCUT2D eigenvalue weighted by Crippen LogP contribution is 2.51. The molecule has 0 radical (unpaired) electrons. The molecule has 2 aromatic rings. The Hall–Kier alpha value is -1.80. The summed E-state index contributed by atoms with van der Waals surface area (Å²) in [5, 5.41) is 19.8. The summed E-state index contributed by atoms with van der Waals surface area (Å²) < 4.78 is 0. The van der Waals surface area contributed by atoms with Crippen LogP contribution < -0.4 is 0 Å². The Morgan fingerprint density at radius 1 is 0.947 bits per heavy atom. The van der Waals surface area contributed by atoms with Gasteiger partial charge in [-0.1, -0.05) is 42.5 Å². The number of hydrogen-bond donors (Lipinski definition) is 2. The number of aromatic hydroxyl groups is 1. The third-order valence-corrected chi connectivity index (χ3v) is 4.14. The monoisotopic (exact) mass is 254 g/mol. The zero-order chi connectivity index (χ0) is 13.3. The molecule has 1 saturated carbocycles. The Balaban J connectivity index is 1.77. The summed E-state index contributed by atoms with van der Waals surface area (Å²) in [5.74, 6) is 0.266. The maximum absolute atomic E-state index is 10.6. The number of benzene rings is 2. The summed E-state index contributed by atoms with van der Waals surface area (Å²) in [6, 6.07) is 17.4. The minimum atomic E-state index is -0.362. The van der Waals surface area contributed by atoms with Gasteiger partial charge in [0, 0.05) is 5.41 Å². The van der Waals surface area contributed by atoms with Crippen LogP contribution in [0.3, 0.4) is 0 Å². The lowest BCUT2D eigenvalue weighted by Crippen LogP contribution is -2.28. The molecule has 0 amide bonds. The first-order chi connectivity index (χ1) is 9.21. The van der Waals surface area contributed by atoms with Crippen molar-refractivity contribution in [2.45, 2.75) is 30.8 Å². The van der Waals surface area contributed by atoms with Crippen molar-refractivity contribution in [2.24, 2.45) is 0 Å². The first-order valence-corrected chi connectivity index (χ1v) is 6.72. The molecule has 1 unspecified atom stereocenters. The van der Waals surface area contributed by atoms with E-state index < -0.39 is 0 Å². The first kappa shape index (κ1) is 12.2. The van der Waals surface area contributed by atoms with Crippen molar-refractivity contribution in [2.75, 3.05) is 0 Å². The van der Waals surface area contributed by atoms with Crippen molar-refractivity contribution in [3.63, 3.8) is 0 Å². The topological polar surface area (TPSA) is 40.5 Å². The van der Waals surface area contributed by atoms with Gasteiger partial charge in [0.1, 0.15) is 5.75 Å². The summed E-state index contributed by atoms with van der Waals surface area (Å²) >= 11 is 0. The Morgan fingerprint density at radius 2 is 1.58 bits per heavy atom. The van der Waals surface area contributed by atoms with Crippen LogP contribution in [0.4, 0.5) is 0 Å². The third kappa shape index (κ3) is 2.36. The summed E-state index contributed by atoms with van der Waals surface area (Å²) in [7, 11) is 0. The predicted octanol–water partition coefficient (Wildman–Crippen LogP) is 3.03. The smallest absolute Gasteiger partial charge is 0.115 e. The van der Waals surface area contributed by atoms with Crippen LogP contribution in [-0.4, -0.2) is 16.3 Å². The average molecular weight is 254 g/mol. The van der Waals surface area contributed by atoms with Crippen LogP contribution in [0.5, 0.6) is 5.75 Å². The van der Waals surface area contributed by atoms with Gasteiger partial charge in [-0.2, -0.15) is 0 Å². The maximum Gasteiger partial charge on any atom is 0.115 e. The van der Waals surface area contributed by atoms with Crippen LogP contribution in [-0.2, 0) is 11.8 Å². The van der Waals surface area contributed by atoms with Crippen molar-refractivity contribution in [3.05, 3.63) is 65.7 Å². The zero-order valence-corrected chi connectivity index (χ0v) is 10.8. The predicted molar refractivity (Wildman–Crippen MR) is 75.2 cm³/mol. The lowest BCUT2D eigenvalue weighted by atomic mass is 9.86. The van der Waals surface area contributed by atoms with E-state index in [2.05, 4.69) is 12.1 Å². The molecule has 3 rings (SSSR count). The Kier molecular flexibility index (Phi) is 3.03. The molecule has 0 spiro atoms. The molecule has 0 aliphatic heterocycles. The van der Waals surface area contributed by atoms with Crippen LogP contribution in [0.1, 0.15) is 24.0 Å². The van der Waals surface area contributed by atoms with E-state index in [0.717, 1.165) is 18.4 Å². The van der Waals surface area contributed by atoms with Gasteiger partial charge in [0.25, 0.3) is 0 Å². The number of aliphatic hydroxyl groups is 1. The van der Waals surface area contributed by atoms with E-state index in [9.17, 15) is 10.2 Å². The third-order valence-electron chi connectivity index (χ3n) is 4.14. The maximum atomic E-state index is 10.6. The molecule has 0 heterocycles. The van der Waals surface area contributed by atoms with Gasteiger partial charge in [-0.15, -0.1) is 0 Å². The fourth-order valence-corrected chi connectivity index (χ4v) is 2.77. The normalized spacial score (nSPS) is 17.9. The van der Waals surface area contributed by atoms with E-state index in [1.165, 1.54) is 5.56 Å². The summed E-state index contributed by atoms with van der Waals surface area (Å²) in [6.07, 6.45) is 2.38. The molecular formula is C17H18O2. The van der Waals surface area contributed by atoms with Crippen LogP contribution in [0, 0.1) is 0 Å². The fourth-order valence-electron chi connectivity index (χ4n) is 2.77. The highest BCUT2D eigenvalue weighted by Gasteiger charge is 2.49. The van der Waals surface area contributed by atoms with Crippen molar-refractivity contribution in [1.82, 2.24) is 0 Å². The van der Waals surface area contributed by atoms with Gasteiger partial charge in [0.2, 0.25) is 0 Å². The van der Waals surface area contributed by atoms with E-state index >= 15 is 0 Å². The van der Waals surface area contributed by atoms with Crippen molar-refractivity contribution in [3.8, 4) is 5.75 Å². The van der Waals surface area contributed by atoms with E-state index in [1.807, 2.05) is 30.3 Å². The molecule has 0 saturated heterocycles. The van der Waals surface area contributed by atoms with Crippen LogP contribution in [0.2, 0.25) is 0 Å². The highest BCUT2D eigenvalue weighted by molar-refractivity contribution is 5.34. The van der Waals surface area contributed by atoms with Gasteiger partial charge in [0.15, 0.2) is 0 Å². The first-order valence-electron chi connectivity index (χ1n) is 6.72. The molecule has 2 N–H and O–H groups in total. The molecule has 2 aromatic carbocycles. The minimum Gasteiger partial charge on any atom is -0.508 e. The summed E-state index contributed by atoms with van der Waals surface area (Å²) in [4.78, 5) is 0. The number of phenolic OH excluding ortho intramolecular Hbond substituents is 1. The molecule has 2 nitrogen and oxygen atoms in total. The average Bonchev–Trinajstić information content (AvgIpc) is 3.24. The number of aliphatic hydroxyl groups excluding tert-OH is 1. The van der Waals surface area contributed by atoms with Crippen molar-refractivity contribution < 1.29 is 10.2 Å². The SMILES string of the molecule is Oc1ccc(CC(O)C2(c3ccccc3)CC2)cc1. The van der Waals surface area contributed by atoms with Crippen molar-refractivity contribution >= 4 is 0 Å².